The van der Waals surface area contributed by atoms with Crippen molar-refractivity contribution in [1.29, 1.82) is 0 Å². The molecule has 1 N–H and O–H groups in total. The molecule has 0 aromatic carbocycles. The minimum atomic E-state index is 0.0708. The molecule has 22 heavy (non-hydrogen) atoms. The second-order valence-electron chi connectivity index (χ2n) is 6.01. The van der Waals surface area contributed by atoms with Gasteiger partial charge in [0.1, 0.15) is 0 Å². The fourth-order valence-electron chi connectivity index (χ4n) is 2.94. The van der Waals surface area contributed by atoms with E-state index in [1.165, 1.54) is 28.8 Å². The molecule has 0 bridgehead atoms. The van der Waals surface area contributed by atoms with Gasteiger partial charge in [0.05, 0.1) is 10.9 Å². The van der Waals surface area contributed by atoms with Crippen LogP contribution in [0.5, 0.6) is 0 Å². The van der Waals surface area contributed by atoms with E-state index in [1.807, 2.05) is 0 Å². The maximum absolute atomic E-state index is 12.4. The van der Waals surface area contributed by atoms with Crippen molar-refractivity contribution in [3.8, 4) is 0 Å². The highest BCUT2D eigenvalue weighted by Gasteiger charge is 2.19. The van der Waals surface area contributed by atoms with Crippen LogP contribution in [0.4, 0.5) is 0 Å². The number of aryl methyl sites for hydroxylation is 2. The maximum atomic E-state index is 12.4. The molecule has 2 aromatic rings. The quantitative estimate of drug-likeness (QED) is 0.904. The molecule has 1 amide bonds. The SMILES string of the molecule is CN(C)C(CNC(=O)c1cc2c(s1)CCCC2)c1ccsc1. The first-order valence-corrected chi connectivity index (χ1v) is 9.49. The van der Waals surface area contributed by atoms with Gasteiger partial charge in [-0.3, -0.25) is 4.79 Å². The third-order valence-electron chi connectivity index (χ3n) is 4.23. The van der Waals surface area contributed by atoms with Crippen LogP contribution < -0.4 is 5.32 Å². The number of thiophene rings is 2. The Labute approximate surface area is 140 Å². The lowest BCUT2D eigenvalue weighted by molar-refractivity contribution is 0.0946. The molecule has 1 aliphatic carbocycles. The summed E-state index contributed by atoms with van der Waals surface area (Å²) < 4.78 is 0. The molecule has 0 saturated heterocycles. The number of hydrogen-bond donors (Lipinski definition) is 1. The normalized spacial score (nSPS) is 15.6. The van der Waals surface area contributed by atoms with Crippen LogP contribution in [0.25, 0.3) is 0 Å². The number of amides is 1. The van der Waals surface area contributed by atoms with Crippen LogP contribution in [0, 0.1) is 0 Å². The first-order valence-electron chi connectivity index (χ1n) is 7.73. The van der Waals surface area contributed by atoms with Crippen molar-refractivity contribution in [3.05, 3.63) is 43.8 Å². The third-order valence-corrected chi connectivity index (χ3v) is 6.16. The predicted octanol–water partition coefficient (Wildman–Crippen LogP) is 3.72. The van der Waals surface area contributed by atoms with Gasteiger partial charge in [0.25, 0.3) is 5.91 Å². The van der Waals surface area contributed by atoms with Crippen molar-refractivity contribution in [2.45, 2.75) is 31.7 Å². The smallest absolute Gasteiger partial charge is 0.261 e. The monoisotopic (exact) mass is 334 g/mol. The Bertz CT molecular complexity index is 608. The Morgan fingerprint density at radius 3 is 2.86 bits per heavy atom. The Morgan fingerprint density at radius 1 is 1.36 bits per heavy atom. The molecule has 0 saturated carbocycles. The molecule has 1 atom stereocenters. The van der Waals surface area contributed by atoms with Crippen LogP contribution in [0.15, 0.2) is 22.9 Å². The van der Waals surface area contributed by atoms with Gasteiger partial charge >= 0.3 is 0 Å². The van der Waals surface area contributed by atoms with E-state index in [0.717, 1.165) is 17.7 Å². The van der Waals surface area contributed by atoms with Crippen molar-refractivity contribution in [3.63, 3.8) is 0 Å². The van der Waals surface area contributed by atoms with Crippen LogP contribution in [0.1, 0.15) is 44.6 Å². The van der Waals surface area contributed by atoms with Gasteiger partial charge in [0, 0.05) is 11.4 Å². The summed E-state index contributed by atoms with van der Waals surface area (Å²) in [7, 11) is 4.11. The Kier molecular flexibility index (Phi) is 4.96. The number of nitrogens with zero attached hydrogens (tertiary/aromatic N) is 1. The zero-order valence-corrected chi connectivity index (χ0v) is 14.7. The molecule has 2 heterocycles. The highest BCUT2D eigenvalue weighted by molar-refractivity contribution is 7.14. The van der Waals surface area contributed by atoms with Crippen molar-refractivity contribution in [2.75, 3.05) is 20.6 Å². The number of rotatable bonds is 5. The number of carbonyl (C=O) groups is 1. The molecule has 2 aromatic heterocycles. The van der Waals surface area contributed by atoms with Gasteiger partial charge in [0.2, 0.25) is 0 Å². The first kappa shape index (κ1) is 15.7. The average Bonchev–Trinajstić information content (AvgIpc) is 3.16. The van der Waals surface area contributed by atoms with Gasteiger partial charge in [-0.15, -0.1) is 11.3 Å². The summed E-state index contributed by atoms with van der Waals surface area (Å²) in [6.07, 6.45) is 4.79. The number of fused-ring (bicyclic) bond motifs is 1. The van der Waals surface area contributed by atoms with Crippen molar-refractivity contribution >= 4 is 28.6 Å². The summed E-state index contributed by atoms with van der Waals surface area (Å²) in [6, 6.07) is 4.46. The van der Waals surface area contributed by atoms with Crippen LogP contribution in [0.2, 0.25) is 0 Å². The van der Waals surface area contributed by atoms with Crippen molar-refractivity contribution < 1.29 is 4.79 Å². The van der Waals surface area contributed by atoms with E-state index in [9.17, 15) is 4.79 Å². The molecule has 0 fully saturated rings. The Morgan fingerprint density at radius 2 is 2.18 bits per heavy atom. The predicted molar refractivity (Wildman–Crippen MR) is 94.0 cm³/mol. The largest absolute Gasteiger partial charge is 0.349 e. The molecule has 5 heteroatoms. The fourth-order valence-corrected chi connectivity index (χ4v) is 4.82. The van der Waals surface area contributed by atoms with Gasteiger partial charge in [-0.1, -0.05) is 0 Å². The molecule has 3 rings (SSSR count). The minimum absolute atomic E-state index is 0.0708. The molecule has 1 aliphatic rings. The van der Waals surface area contributed by atoms with E-state index in [0.29, 0.717) is 6.54 Å². The van der Waals surface area contributed by atoms with Crippen LogP contribution in [0.3, 0.4) is 0 Å². The summed E-state index contributed by atoms with van der Waals surface area (Å²) in [4.78, 5) is 16.9. The van der Waals surface area contributed by atoms with Crippen molar-refractivity contribution in [1.82, 2.24) is 10.2 Å². The van der Waals surface area contributed by atoms with Crippen LogP contribution in [-0.2, 0) is 12.8 Å². The van der Waals surface area contributed by atoms with Crippen LogP contribution >= 0.6 is 22.7 Å². The summed E-state index contributed by atoms with van der Waals surface area (Å²) in [5.74, 6) is 0.0708. The molecule has 1 unspecified atom stereocenters. The third kappa shape index (κ3) is 3.42. The summed E-state index contributed by atoms with van der Waals surface area (Å²) in [5, 5.41) is 7.35. The topological polar surface area (TPSA) is 32.3 Å². The van der Waals surface area contributed by atoms with E-state index >= 15 is 0 Å². The fraction of sp³-hybridized carbons (Fsp3) is 0.471. The van der Waals surface area contributed by atoms with Gasteiger partial charge in [-0.2, -0.15) is 11.3 Å². The lowest BCUT2D eigenvalue weighted by atomic mass is 9.99. The maximum Gasteiger partial charge on any atom is 0.261 e. The van der Waals surface area contributed by atoms with E-state index in [2.05, 4.69) is 47.2 Å². The summed E-state index contributed by atoms with van der Waals surface area (Å²) in [5.41, 5.74) is 2.66. The molecule has 0 aliphatic heterocycles. The second-order valence-corrected chi connectivity index (χ2v) is 7.93. The van der Waals surface area contributed by atoms with Crippen LogP contribution in [-0.4, -0.2) is 31.4 Å². The Balaban J connectivity index is 1.65. The van der Waals surface area contributed by atoms with Gasteiger partial charge < -0.3 is 10.2 Å². The zero-order valence-electron chi connectivity index (χ0n) is 13.1. The highest BCUT2D eigenvalue weighted by atomic mass is 32.1. The molecule has 3 nitrogen and oxygen atoms in total. The lowest BCUT2D eigenvalue weighted by Crippen LogP contribution is -2.34. The Hall–Kier alpha value is -1.17. The van der Waals surface area contributed by atoms with Gasteiger partial charge in [0.15, 0.2) is 0 Å². The summed E-state index contributed by atoms with van der Waals surface area (Å²) in [6.45, 7) is 0.644. The molecule has 118 valence electrons. The molecule has 0 spiro atoms. The zero-order chi connectivity index (χ0) is 15.5. The van der Waals surface area contributed by atoms with E-state index < -0.39 is 0 Å². The molecule has 0 radical (unpaired) electrons. The van der Waals surface area contributed by atoms with E-state index in [1.54, 1.807) is 22.7 Å². The first-order chi connectivity index (χ1) is 10.6. The van der Waals surface area contributed by atoms with Gasteiger partial charge in [-0.05, 0) is 73.8 Å². The number of carbonyl (C=O) groups excluding carboxylic acids is 1. The summed E-state index contributed by atoms with van der Waals surface area (Å²) >= 11 is 3.37. The highest BCUT2D eigenvalue weighted by Crippen LogP contribution is 2.29. The van der Waals surface area contributed by atoms with Gasteiger partial charge in [-0.25, -0.2) is 0 Å². The molecular formula is C17H22N2OS2. The number of nitrogens with one attached hydrogen (secondary N) is 1. The standard InChI is InChI=1S/C17H22N2OS2/c1-19(2)14(13-7-8-21-11-13)10-18-17(20)16-9-12-5-3-4-6-15(12)22-16/h7-9,11,14H,3-6,10H2,1-2H3,(H,18,20). The number of likely N-dealkylation sites (N-methyl/N-ethyl adjacent to an activating group) is 1. The minimum Gasteiger partial charge on any atom is -0.349 e. The lowest BCUT2D eigenvalue weighted by Gasteiger charge is -2.23. The second kappa shape index (κ2) is 6.94. The van der Waals surface area contributed by atoms with Crippen molar-refractivity contribution in [2.24, 2.45) is 0 Å². The van der Waals surface area contributed by atoms with E-state index in [-0.39, 0.29) is 11.9 Å². The number of hydrogen-bond acceptors (Lipinski definition) is 4. The molecular weight excluding hydrogens is 312 g/mol. The van der Waals surface area contributed by atoms with E-state index in [4.69, 9.17) is 0 Å². The average molecular weight is 335 g/mol.